The molecule has 10 heteroatoms. The first kappa shape index (κ1) is 17.5. The van der Waals surface area contributed by atoms with Gasteiger partial charge >= 0.3 is 0 Å². The molecular formula is C16H19N5O3S2. The third-order valence-electron chi connectivity index (χ3n) is 4.48. The molecule has 0 atom stereocenters. The number of aryl methyl sites for hydroxylation is 1. The largest absolute Gasteiger partial charge is 0.361 e. The molecule has 0 unspecified atom stereocenters. The van der Waals surface area contributed by atoms with Crippen LogP contribution in [0.15, 0.2) is 33.7 Å². The maximum Gasteiger partial charge on any atom is 0.245 e. The minimum Gasteiger partial charge on any atom is -0.361 e. The Morgan fingerprint density at radius 3 is 2.88 bits per heavy atom. The second-order valence-corrected chi connectivity index (χ2v) is 8.79. The summed E-state index contributed by atoms with van der Waals surface area (Å²) in [5.74, 6) is 0.781. The van der Waals surface area contributed by atoms with Crippen molar-refractivity contribution in [2.75, 3.05) is 26.2 Å². The van der Waals surface area contributed by atoms with Crippen molar-refractivity contribution >= 4 is 32.8 Å². The van der Waals surface area contributed by atoms with Crippen molar-refractivity contribution < 1.29 is 12.9 Å². The van der Waals surface area contributed by atoms with Crippen molar-refractivity contribution in [2.45, 2.75) is 24.8 Å². The van der Waals surface area contributed by atoms with Gasteiger partial charge in [-0.25, -0.2) is 8.42 Å². The first-order valence-electron chi connectivity index (χ1n) is 8.40. The Kier molecular flexibility index (Phi) is 4.74. The predicted octanol–water partition coefficient (Wildman–Crippen LogP) is 1.88. The molecule has 0 bridgehead atoms. The standard InChI is InChI=1S/C16H19N5O3S2/c1-12-10-13(17-24-12)11-20-6-3-7-21(9-8-20)26(22,23)15-5-2-4-14-16(15)19-25-18-14/h2,4-5,10H,3,6-9,11H2,1H3. The van der Waals surface area contributed by atoms with Crippen molar-refractivity contribution in [1.82, 2.24) is 23.1 Å². The van der Waals surface area contributed by atoms with E-state index in [0.29, 0.717) is 37.2 Å². The second-order valence-electron chi connectivity index (χ2n) is 6.35. The number of hydrogen-bond acceptors (Lipinski definition) is 8. The van der Waals surface area contributed by atoms with Crippen molar-refractivity contribution in [1.29, 1.82) is 0 Å². The predicted molar refractivity (Wildman–Crippen MR) is 97.3 cm³/mol. The molecule has 0 amide bonds. The maximum atomic E-state index is 13.1. The maximum absolute atomic E-state index is 13.1. The van der Waals surface area contributed by atoms with Crippen LogP contribution in [0.4, 0.5) is 0 Å². The van der Waals surface area contributed by atoms with E-state index < -0.39 is 10.0 Å². The van der Waals surface area contributed by atoms with Crippen LogP contribution in [-0.2, 0) is 16.6 Å². The van der Waals surface area contributed by atoms with Gasteiger partial charge in [-0.2, -0.15) is 13.1 Å². The molecule has 8 nitrogen and oxygen atoms in total. The third-order valence-corrected chi connectivity index (χ3v) is 6.95. The molecule has 0 radical (unpaired) electrons. The first-order chi connectivity index (χ1) is 12.5. The Balaban J connectivity index is 1.52. The van der Waals surface area contributed by atoms with E-state index in [1.807, 2.05) is 13.0 Å². The number of fused-ring (bicyclic) bond motifs is 1. The zero-order chi connectivity index (χ0) is 18.1. The van der Waals surface area contributed by atoms with Gasteiger partial charge in [0.1, 0.15) is 21.7 Å². The molecule has 138 valence electrons. The van der Waals surface area contributed by atoms with Crippen LogP contribution in [0.2, 0.25) is 0 Å². The lowest BCUT2D eigenvalue weighted by Gasteiger charge is -2.21. The average Bonchev–Trinajstić information content (AvgIpc) is 3.18. The summed E-state index contributed by atoms with van der Waals surface area (Å²) in [5, 5.41) is 4.02. The van der Waals surface area contributed by atoms with Gasteiger partial charge in [-0.15, -0.1) is 0 Å². The second kappa shape index (κ2) is 7.03. The number of rotatable bonds is 4. The summed E-state index contributed by atoms with van der Waals surface area (Å²) < 4.78 is 41.2. The van der Waals surface area contributed by atoms with E-state index in [1.165, 1.54) is 0 Å². The van der Waals surface area contributed by atoms with Gasteiger partial charge in [-0.05, 0) is 32.0 Å². The molecule has 2 aromatic heterocycles. The monoisotopic (exact) mass is 393 g/mol. The summed E-state index contributed by atoms with van der Waals surface area (Å²) in [6.07, 6.45) is 0.765. The van der Waals surface area contributed by atoms with E-state index in [1.54, 1.807) is 22.5 Å². The normalized spacial score (nSPS) is 17.6. The number of sulfonamides is 1. The molecule has 1 saturated heterocycles. The van der Waals surface area contributed by atoms with Crippen molar-refractivity contribution in [3.05, 3.63) is 35.7 Å². The van der Waals surface area contributed by atoms with Gasteiger partial charge < -0.3 is 4.52 Å². The van der Waals surface area contributed by atoms with Crippen LogP contribution in [0.3, 0.4) is 0 Å². The first-order valence-corrected chi connectivity index (χ1v) is 10.6. The third kappa shape index (κ3) is 3.37. The van der Waals surface area contributed by atoms with E-state index in [0.717, 1.165) is 36.1 Å². The number of aromatic nitrogens is 3. The quantitative estimate of drug-likeness (QED) is 0.668. The van der Waals surface area contributed by atoms with Gasteiger partial charge in [-0.1, -0.05) is 11.2 Å². The Labute approximate surface area is 155 Å². The fraction of sp³-hybridized carbons (Fsp3) is 0.438. The highest BCUT2D eigenvalue weighted by Crippen LogP contribution is 2.25. The summed E-state index contributed by atoms with van der Waals surface area (Å²) in [6, 6.07) is 7.02. The Hall–Kier alpha value is -1.88. The van der Waals surface area contributed by atoms with E-state index in [2.05, 4.69) is 18.8 Å². The van der Waals surface area contributed by atoms with E-state index in [4.69, 9.17) is 4.52 Å². The summed E-state index contributed by atoms with van der Waals surface area (Å²) >= 11 is 1.03. The van der Waals surface area contributed by atoms with Gasteiger partial charge in [0.15, 0.2) is 0 Å². The van der Waals surface area contributed by atoms with E-state index >= 15 is 0 Å². The van der Waals surface area contributed by atoms with Gasteiger partial charge in [0.2, 0.25) is 10.0 Å². The summed E-state index contributed by atoms with van der Waals surface area (Å²) in [4.78, 5) is 2.45. The lowest BCUT2D eigenvalue weighted by Crippen LogP contribution is -2.35. The fourth-order valence-corrected chi connectivity index (χ4v) is 5.42. The molecule has 0 saturated carbocycles. The molecule has 0 aliphatic carbocycles. The van der Waals surface area contributed by atoms with E-state index in [9.17, 15) is 8.42 Å². The number of hydrogen-bond donors (Lipinski definition) is 0. The van der Waals surface area contributed by atoms with Gasteiger partial charge in [0.05, 0.1) is 17.4 Å². The topological polar surface area (TPSA) is 92.4 Å². The number of nitrogens with zero attached hydrogens (tertiary/aromatic N) is 5. The Morgan fingerprint density at radius 1 is 1.19 bits per heavy atom. The molecular weight excluding hydrogens is 374 g/mol. The highest BCUT2D eigenvalue weighted by Gasteiger charge is 2.29. The molecule has 0 N–H and O–H groups in total. The highest BCUT2D eigenvalue weighted by molar-refractivity contribution is 7.89. The smallest absolute Gasteiger partial charge is 0.245 e. The van der Waals surface area contributed by atoms with Gasteiger partial charge in [0, 0.05) is 32.2 Å². The molecule has 4 rings (SSSR count). The minimum atomic E-state index is -3.60. The molecule has 1 aromatic carbocycles. The van der Waals surface area contributed by atoms with Crippen LogP contribution < -0.4 is 0 Å². The zero-order valence-corrected chi connectivity index (χ0v) is 16.0. The molecule has 1 aliphatic rings. The minimum absolute atomic E-state index is 0.240. The van der Waals surface area contributed by atoms with Gasteiger partial charge in [-0.3, -0.25) is 4.90 Å². The molecule has 3 heterocycles. The molecule has 1 fully saturated rings. The van der Waals surface area contributed by atoms with Crippen molar-refractivity contribution in [3.8, 4) is 0 Å². The molecule has 0 spiro atoms. The fourth-order valence-electron chi connectivity index (χ4n) is 3.20. The van der Waals surface area contributed by atoms with Crippen molar-refractivity contribution in [3.63, 3.8) is 0 Å². The zero-order valence-electron chi connectivity index (χ0n) is 14.3. The summed E-state index contributed by atoms with van der Waals surface area (Å²) in [7, 11) is -3.60. The van der Waals surface area contributed by atoms with E-state index in [-0.39, 0.29) is 4.90 Å². The highest BCUT2D eigenvalue weighted by atomic mass is 32.2. The Morgan fingerprint density at radius 2 is 2.08 bits per heavy atom. The lowest BCUT2D eigenvalue weighted by atomic mass is 10.3. The molecule has 26 heavy (non-hydrogen) atoms. The van der Waals surface area contributed by atoms with Crippen molar-refractivity contribution in [2.24, 2.45) is 0 Å². The summed E-state index contributed by atoms with van der Waals surface area (Å²) in [6.45, 7) is 4.92. The average molecular weight is 393 g/mol. The Bertz CT molecular complexity index is 1010. The van der Waals surface area contributed by atoms with Crippen LogP contribution >= 0.6 is 11.7 Å². The molecule has 3 aromatic rings. The SMILES string of the molecule is Cc1cc(CN2CCCN(S(=O)(=O)c3cccc4nsnc34)CC2)no1. The van der Waals surface area contributed by atoms with Crippen LogP contribution in [0.25, 0.3) is 11.0 Å². The van der Waals surface area contributed by atoms with Crippen LogP contribution in [-0.4, -0.2) is 57.7 Å². The lowest BCUT2D eigenvalue weighted by molar-refractivity contribution is 0.268. The van der Waals surface area contributed by atoms with Gasteiger partial charge in [0.25, 0.3) is 0 Å². The van der Waals surface area contributed by atoms with Crippen LogP contribution in [0.1, 0.15) is 17.9 Å². The van der Waals surface area contributed by atoms with Crippen LogP contribution in [0, 0.1) is 6.92 Å². The summed E-state index contributed by atoms with van der Waals surface area (Å²) in [5.41, 5.74) is 1.95. The molecule has 1 aliphatic heterocycles. The number of benzene rings is 1. The van der Waals surface area contributed by atoms with Crippen LogP contribution in [0.5, 0.6) is 0 Å².